The number of rotatable bonds is 6. The molecule has 0 saturated heterocycles. The van der Waals surface area contributed by atoms with E-state index < -0.39 is 18.0 Å². The fraction of sp³-hybridized carbons (Fsp3) is 0.182. The first-order valence-corrected chi connectivity index (χ1v) is 10.9. The molecule has 0 radical (unpaired) electrons. The molecule has 0 unspecified atom stereocenters. The van der Waals surface area contributed by atoms with Crippen molar-refractivity contribution in [3.8, 4) is 11.4 Å². The maximum absolute atomic E-state index is 12.5. The first-order chi connectivity index (χ1) is 16.1. The minimum atomic E-state index is -4.79. The third-order valence-corrected chi connectivity index (χ3v) is 5.81. The number of carbonyl (C=O) groups is 1. The fourth-order valence-electron chi connectivity index (χ4n) is 3.18. The lowest BCUT2D eigenvalue weighted by Gasteiger charge is -2.10. The molecule has 4 rings (SSSR count). The van der Waals surface area contributed by atoms with Gasteiger partial charge in [0, 0.05) is 5.69 Å². The zero-order valence-electron chi connectivity index (χ0n) is 17.9. The molecule has 0 bridgehead atoms. The highest BCUT2D eigenvalue weighted by Crippen LogP contribution is 2.25. The molecule has 0 aliphatic heterocycles. The number of H-pyrrole nitrogens is 1. The van der Waals surface area contributed by atoms with Crippen molar-refractivity contribution in [2.75, 3.05) is 11.1 Å². The second-order valence-electron chi connectivity index (χ2n) is 7.29. The molecule has 176 valence electrons. The Bertz CT molecular complexity index is 1410. The lowest BCUT2D eigenvalue weighted by molar-refractivity contribution is -0.274. The number of nitrogens with zero attached hydrogens (tertiary/aromatic N) is 3. The van der Waals surface area contributed by atoms with Gasteiger partial charge in [0.2, 0.25) is 5.91 Å². The summed E-state index contributed by atoms with van der Waals surface area (Å²) in [5, 5.41) is 7.43. The van der Waals surface area contributed by atoms with E-state index in [1.165, 1.54) is 18.3 Å². The average molecular weight is 489 g/mol. The summed E-state index contributed by atoms with van der Waals surface area (Å²) in [4.78, 5) is 31.9. The quantitative estimate of drug-likeness (QED) is 0.308. The maximum Gasteiger partial charge on any atom is 0.573 e. The average Bonchev–Trinajstić information content (AvgIpc) is 3.19. The van der Waals surface area contributed by atoms with Crippen LogP contribution < -0.4 is 15.6 Å². The zero-order chi connectivity index (χ0) is 24.5. The predicted molar refractivity (Wildman–Crippen MR) is 121 cm³/mol. The molecule has 8 nitrogen and oxygen atoms in total. The Morgan fingerprint density at radius 3 is 2.62 bits per heavy atom. The largest absolute Gasteiger partial charge is 0.573 e. The standard InChI is InChI=1S/C22H18F3N5O3S/c1-12-4-3-5-17(13(12)2)30-19-16(10-26-30)20(32)29-21(28-19)34-11-18(31)27-14-6-8-15(9-7-14)33-22(23,24)25/h3-10H,11H2,1-2H3,(H,27,31)(H,28,29,32). The molecule has 0 spiro atoms. The molecule has 0 aliphatic rings. The van der Waals surface area contributed by atoms with Crippen molar-refractivity contribution < 1.29 is 22.7 Å². The van der Waals surface area contributed by atoms with Crippen LogP contribution in [0.25, 0.3) is 16.7 Å². The first-order valence-electron chi connectivity index (χ1n) is 9.94. The Morgan fingerprint density at radius 2 is 1.91 bits per heavy atom. The molecule has 0 aliphatic carbocycles. The molecule has 12 heteroatoms. The number of fused-ring (bicyclic) bond motifs is 1. The van der Waals surface area contributed by atoms with Crippen molar-refractivity contribution >= 4 is 34.4 Å². The van der Waals surface area contributed by atoms with E-state index in [0.717, 1.165) is 40.7 Å². The third-order valence-electron chi connectivity index (χ3n) is 4.93. The smallest absolute Gasteiger partial charge is 0.406 e. The summed E-state index contributed by atoms with van der Waals surface area (Å²) in [5.74, 6) is -0.914. The van der Waals surface area contributed by atoms with E-state index in [0.29, 0.717) is 16.7 Å². The summed E-state index contributed by atoms with van der Waals surface area (Å²) in [6, 6.07) is 10.5. The van der Waals surface area contributed by atoms with Gasteiger partial charge in [-0.2, -0.15) is 5.10 Å². The Hall–Kier alpha value is -3.80. The van der Waals surface area contributed by atoms with E-state index >= 15 is 0 Å². The number of hydrogen-bond donors (Lipinski definition) is 2. The van der Waals surface area contributed by atoms with Gasteiger partial charge in [0.1, 0.15) is 11.1 Å². The normalized spacial score (nSPS) is 11.6. The first kappa shape index (κ1) is 23.4. The maximum atomic E-state index is 12.5. The van der Waals surface area contributed by atoms with Crippen molar-refractivity contribution in [3.05, 3.63) is 70.1 Å². The number of hydrogen-bond acceptors (Lipinski definition) is 6. The van der Waals surface area contributed by atoms with E-state index in [4.69, 9.17) is 0 Å². The van der Waals surface area contributed by atoms with Crippen molar-refractivity contribution in [2.45, 2.75) is 25.4 Å². The van der Waals surface area contributed by atoms with Crippen molar-refractivity contribution in [1.29, 1.82) is 0 Å². The van der Waals surface area contributed by atoms with Gasteiger partial charge in [0.05, 0.1) is 17.6 Å². The molecular formula is C22H18F3N5O3S. The van der Waals surface area contributed by atoms with Gasteiger partial charge in [-0.25, -0.2) is 9.67 Å². The van der Waals surface area contributed by atoms with Gasteiger partial charge in [0.25, 0.3) is 5.56 Å². The van der Waals surface area contributed by atoms with Crippen molar-refractivity contribution in [1.82, 2.24) is 19.7 Å². The topological polar surface area (TPSA) is 102 Å². The van der Waals surface area contributed by atoms with Gasteiger partial charge in [-0.05, 0) is 55.3 Å². The van der Waals surface area contributed by atoms with Crippen LogP contribution in [0.15, 0.2) is 58.6 Å². The Morgan fingerprint density at radius 1 is 1.18 bits per heavy atom. The number of benzene rings is 2. The Balaban J connectivity index is 1.48. The van der Waals surface area contributed by atoms with Crippen LogP contribution in [0, 0.1) is 13.8 Å². The SMILES string of the molecule is Cc1cccc(-n2ncc3c(=O)[nH]c(SCC(=O)Nc4ccc(OC(F)(F)F)cc4)nc32)c1C. The summed E-state index contributed by atoms with van der Waals surface area (Å²) in [6.45, 7) is 3.93. The highest BCUT2D eigenvalue weighted by molar-refractivity contribution is 7.99. The van der Waals surface area contributed by atoms with E-state index in [-0.39, 0.29) is 16.5 Å². The number of aromatic amines is 1. The Kier molecular flexibility index (Phi) is 6.33. The molecule has 4 aromatic rings. The van der Waals surface area contributed by atoms with Crippen LogP contribution in [-0.4, -0.2) is 37.8 Å². The second kappa shape index (κ2) is 9.21. The highest BCUT2D eigenvalue weighted by atomic mass is 32.2. The molecule has 1 amide bonds. The second-order valence-corrected chi connectivity index (χ2v) is 8.26. The summed E-state index contributed by atoms with van der Waals surface area (Å²) < 4.78 is 42.1. The fourth-order valence-corrected chi connectivity index (χ4v) is 3.83. The van der Waals surface area contributed by atoms with Crippen LogP contribution >= 0.6 is 11.8 Å². The molecule has 0 fully saturated rings. The molecule has 0 atom stereocenters. The van der Waals surface area contributed by atoms with E-state index in [2.05, 4.69) is 25.1 Å². The summed E-state index contributed by atoms with van der Waals surface area (Å²) in [6.07, 6.45) is -3.35. The van der Waals surface area contributed by atoms with Crippen LogP contribution in [0.1, 0.15) is 11.1 Å². The number of aryl methyl sites for hydroxylation is 1. The minimum absolute atomic E-state index is 0.0904. The molecule has 34 heavy (non-hydrogen) atoms. The summed E-state index contributed by atoms with van der Waals surface area (Å²) in [7, 11) is 0. The van der Waals surface area contributed by atoms with Gasteiger partial charge in [-0.1, -0.05) is 23.9 Å². The molecule has 2 heterocycles. The summed E-state index contributed by atoms with van der Waals surface area (Å²) >= 11 is 1.01. The number of ether oxygens (including phenoxy) is 1. The van der Waals surface area contributed by atoms with Crippen LogP contribution in [0.2, 0.25) is 0 Å². The zero-order valence-corrected chi connectivity index (χ0v) is 18.8. The van der Waals surface area contributed by atoms with Gasteiger partial charge < -0.3 is 15.0 Å². The van der Waals surface area contributed by atoms with Crippen LogP contribution in [0.4, 0.5) is 18.9 Å². The van der Waals surface area contributed by atoms with E-state index in [1.54, 1.807) is 4.68 Å². The number of aromatic nitrogens is 4. The van der Waals surface area contributed by atoms with Gasteiger partial charge >= 0.3 is 6.36 Å². The van der Waals surface area contributed by atoms with Gasteiger partial charge in [-0.3, -0.25) is 9.59 Å². The van der Waals surface area contributed by atoms with E-state index in [1.807, 2.05) is 32.0 Å². The van der Waals surface area contributed by atoms with Crippen LogP contribution in [0.3, 0.4) is 0 Å². The van der Waals surface area contributed by atoms with Crippen LogP contribution in [0.5, 0.6) is 5.75 Å². The molecular weight excluding hydrogens is 471 g/mol. The number of halogens is 3. The number of amides is 1. The third kappa shape index (κ3) is 5.22. The van der Waals surface area contributed by atoms with Gasteiger partial charge in [-0.15, -0.1) is 13.2 Å². The predicted octanol–water partition coefficient (Wildman–Crippen LogP) is 4.36. The molecule has 2 aromatic carbocycles. The van der Waals surface area contributed by atoms with Crippen molar-refractivity contribution in [2.24, 2.45) is 0 Å². The minimum Gasteiger partial charge on any atom is -0.406 e. The number of carbonyl (C=O) groups excluding carboxylic acids is 1. The number of anilines is 1. The molecule has 2 N–H and O–H groups in total. The number of nitrogens with one attached hydrogen (secondary N) is 2. The van der Waals surface area contributed by atoms with E-state index in [9.17, 15) is 22.8 Å². The summed E-state index contributed by atoms with van der Waals surface area (Å²) in [5.41, 5.74) is 3.13. The Labute approximate surface area is 195 Å². The molecule has 0 saturated carbocycles. The monoisotopic (exact) mass is 489 g/mol. The number of thioether (sulfide) groups is 1. The van der Waals surface area contributed by atoms with Crippen molar-refractivity contribution in [3.63, 3.8) is 0 Å². The number of alkyl halides is 3. The molecule has 2 aromatic heterocycles. The lowest BCUT2D eigenvalue weighted by Crippen LogP contribution is -2.17. The highest BCUT2D eigenvalue weighted by Gasteiger charge is 2.31. The lowest BCUT2D eigenvalue weighted by atomic mass is 10.1. The van der Waals surface area contributed by atoms with Gasteiger partial charge in [0.15, 0.2) is 10.8 Å². The van der Waals surface area contributed by atoms with Crippen LogP contribution in [-0.2, 0) is 4.79 Å².